The van der Waals surface area contributed by atoms with Crippen LogP contribution in [0.5, 0.6) is 0 Å². The number of alkyl carbamates (subject to hydrolysis) is 1. The van der Waals surface area contributed by atoms with Crippen LogP contribution in [-0.4, -0.2) is 17.0 Å². The minimum absolute atomic E-state index is 0.0403. The number of rotatable bonds is 5. The summed E-state index contributed by atoms with van der Waals surface area (Å²) in [6, 6.07) is 17.0. The molecule has 0 radical (unpaired) electrons. The second kappa shape index (κ2) is 9.91. The fourth-order valence-electron chi connectivity index (χ4n) is 4.36. The molecule has 3 aromatic carbocycles. The minimum Gasteiger partial charge on any atom is -0.443 e. The first-order chi connectivity index (χ1) is 17.4. The molecule has 0 fully saturated rings. The molecule has 1 aliphatic rings. The van der Waals surface area contributed by atoms with Gasteiger partial charge in [-0.15, -0.1) is 0 Å². The standard InChI is InChI=1S/C27H20ClF2N3O3/c28-20-13-16(7-10-21(20)29)32-26(34)19-8-11-22(30)25-18(19)9-12-24(25)33-27(35)36-14-17-6-5-15-3-1-2-4-23(15)31-17/h1-8,10-11,13,24H,9,12,14H2,(H,32,34)(H,33,35)/t24-/m0/s1. The van der Waals surface area contributed by atoms with Crippen molar-refractivity contribution >= 4 is 40.2 Å². The lowest BCUT2D eigenvalue weighted by Crippen LogP contribution is -2.28. The van der Waals surface area contributed by atoms with Crippen LogP contribution >= 0.6 is 11.6 Å². The number of amides is 2. The maximum absolute atomic E-state index is 14.8. The molecule has 2 N–H and O–H groups in total. The molecule has 1 aromatic heterocycles. The molecule has 0 aliphatic heterocycles. The molecule has 0 saturated carbocycles. The number of hydrogen-bond donors (Lipinski definition) is 2. The summed E-state index contributed by atoms with van der Waals surface area (Å²) < 4.78 is 33.5. The fraction of sp³-hybridized carbons (Fsp3) is 0.148. The summed E-state index contributed by atoms with van der Waals surface area (Å²) in [5.74, 6) is -1.61. The van der Waals surface area contributed by atoms with Crippen molar-refractivity contribution in [2.75, 3.05) is 5.32 Å². The molecule has 0 unspecified atom stereocenters. The van der Waals surface area contributed by atoms with Crippen LogP contribution < -0.4 is 10.6 Å². The highest BCUT2D eigenvalue weighted by molar-refractivity contribution is 6.31. The van der Waals surface area contributed by atoms with Crippen molar-refractivity contribution in [1.29, 1.82) is 0 Å². The van der Waals surface area contributed by atoms with Gasteiger partial charge in [0.25, 0.3) is 5.91 Å². The summed E-state index contributed by atoms with van der Waals surface area (Å²) in [6.07, 6.45) is 0.0809. The number of ether oxygens (including phenoxy) is 1. The molecule has 4 aromatic rings. The Balaban J connectivity index is 1.27. The molecular formula is C27H20ClF2N3O3. The number of pyridine rings is 1. The van der Waals surface area contributed by atoms with Crippen molar-refractivity contribution in [2.24, 2.45) is 0 Å². The van der Waals surface area contributed by atoms with E-state index in [-0.39, 0.29) is 22.8 Å². The van der Waals surface area contributed by atoms with Crippen LogP contribution in [0, 0.1) is 11.6 Å². The number of nitrogens with zero attached hydrogens (tertiary/aromatic N) is 1. The van der Waals surface area contributed by atoms with Crippen LogP contribution in [-0.2, 0) is 17.8 Å². The summed E-state index contributed by atoms with van der Waals surface area (Å²) in [7, 11) is 0. The number of benzene rings is 3. The van der Waals surface area contributed by atoms with Gasteiger partial charge in [-0.2, -0.15) is 0 Å². The monoisotopic (exact) mass is 507 g/mol. The van der Waals surface area contributed by atoms with E-state index < -0.39 is 29.7 Å². The molecule has 0 saturated heterocycles. The van der Waals surface area contributed by atoms with Gasteiger partial charge in [0.05, 0.1) is 22.3 Å². The van der Waals surface area contributed by atoms with Gasteiger partial charge in [0.2, 0.25) is 0 Å². The van der Waals surface area contributed by atoms with Gasteiger partial charge < -0.3 is 15.4 Å². The topological polar surface area (TPSA) is 80.3 Å². The second-order valence-electron chi connectivity index (χ2n) is 8.38. The number of fused-ring (bicyclic) bond motifs is 2. The van der Waals surface area contributed by atoms with Gasteiger partial charge in [-0.1, -0.05) is 35.9 Å². The third kappa shape index (κ3) is 4.85. The van der Waals surface area contributed by atoms with Gasteiger partial charge >= 0.3 is 6.09 Å². The van der Waals surface area contributed by atoms with Crippen LogP contribution in [0.1, 0.15) is 39.6 Å². The van der Waals surface area contributed by atoms with Gasteiger partial charge in [-0.3, -0.25) is 4.79 Å². The normalized spacial score (nSPS) is 14.4. The summed E-state index contributed by atoms with van der Waals surface area (Å²) in [5.41, 5.74) is 2.71. The van der Waals surface area contributed by atoms with Crippen molar-refractivity contribution in [1.82, 2.24) is 10.3 Å². The number of para-hydroxylation sites is 1. The zero-order chi connectivity index (χ0) is 25.2. The molecule has 5 rings (SSSR count). The number of carbonyl (C=O) groups excluding carboxylic acids is 2. The smallest absolute Gasteiger partial charge is 0.408 e. The summed E-state index contributed by atoms with van der Waals surface area (Å²) >= 11 is 5.78. The van der Waals surface area contributed by atoms with E-state index >= 15 is 0 Å². The third-order valence-electron chi connectivity index (χ3n) is 6.06. The first-order valence-electron chi connectivity index (χ1n) is 11.2. The molecule has 1 aliphatic carbocycles. The predicted molar refractivity (Wildman–Crippen MR) is 132 cm³/mol. The van der Waals surface area contributed by atoms with Gasteiger partial charge in [0.15, 0.2) is 0 Å². The molecule has 36 heavy (non-hydrogen) atoms. The van der Waals surface area contributed by atoms with E-state index in [9.17, 15) is 18.4 Å². The second-order valence-corrected chi connectivity index (χ2v) is 8.78. The van der Waals surface area contributed by atoms with Gasteiger partial charge in [-0.25, -0.2) is 18.6 Å². The van der Waals surface area contributed by atoms with Crippen molar-refractivity contribution in [3.63, 3.8) is 0 Å². The van der Waals surface area contributed by atoms with Crippen molar-refractivity contribution in [2.45, 2.75) is 25.5 Å². The van der Waals surface area contributed by atoms with E-state index in [1.165, 1.54) is 24.3 Å². The lowest BCUT2D eigenvalue weighted by molar-refractivity contribution is 0.102. The lowest BCUT2D eigenvalue weighted by atomic mass is 10.0. The molecule has 0 spiro atoms. The van der Waals surface area contributed by atoms with Crippen LogP contribution in [0.2, 0.25) is 5.02 Å². The van der Waals surface area contributed by atoms with E-state index in [0.29, 0.717) is 29.8 Å². The first-order valence-corrected chi connectivity index (χ1v) is 11.6. The molecule has 0 bridgehead atoms. The Labute approximate surface area is 210 Å². The molecule has 9 heteroatoms. The zero-order valence-electron chi connectivity index (χ0n) is 18.9. The Morgan fingerprint density at radius 1 is 1.03 bits per heavy atom. The predicted octanol–water partition coefficient (Wildman–Crippen LogP) is 6.33. The van der Waals surface area contributed by atoms with Crippen LogP contribution in [0.4, 0.5) is 19.3 Å². The van der Waals surface area contributed by atoms with Gasteiger partial charge in [-0.05, 0) is 60.9 Å². The molecule has 2 amide bonds. The number of carbonyl (C=O) groups is 2. The zero-order valence-corrected chi connectivity index (χ0v) is 19.6. The Bertz CT molecular complexity index is 1490. The molecular weight excluding hydrogens is 488 g/mol. The number of nitrogens with one attached hydrogen (secondary N) is 2. The fourth-order valence-corrected chi connectivity index (χ4v) is 4.54. The summed E-state index contributed by atoms with van der Waals surface area (Å²) in [6.45, 7) is -0.0403. The highest BCUT2D eigenvalue weighted by atomic mass is 35.5. The van der Waals surface area contributed by atoms with E-state index in [1.807, 2.05) is 30.3 Å². The Morgan fingerprint density at radius 2 is 1.83 bits per heavy atom. The number of anilines is 1. The van der Waals surface area contributed by atoms with Crippen LogP contribution in [0.3, 0.4) is 0 Å². The molecule has 182 valence electrons. The largest absolute Gasteiger partial charge is 0.443 e. The van der Waals surface area contributed by atoms with E-state index in [1.54, 1.807) is 6.07 Å². The number of halogens is 3. The Hall–Kier alpha value is -4.04. The van der Waals surface area contributed by atoms with Gasteiger partial charge in [0, 0.05) is 22.2 Å². The maximum atomic E-state index is 14.8. The Kier molecular flexibility index (Phi) is 6.52. The van der Waals surface area contributed by atoms with Crippen LogP contribution in [0.15, 0.2) is 66.7 Å². The van der Waals surface area contributed by atoms with Gasteiger partial charge in [0.1, 0.15) is 18.2 Å². The first kappa shape index (κ1) is 23.7. The van der Waals surface area contributed by atoms with E-state index in [4.69, 9.17) is 16.3 Å². The molecule has 1 atom stereocenters. The number of hydrogen-bond acceptors (Lipinski definition) is 4. The van der Waals surface area contributed by atoms with Crippen molar-refractivity contribution in [3.8, 4) is 0 Å². The highest BCUT2D eigenvalue weighted by Gasteiger charge is 2.31. The average molecular weight is 508 g/mol. The van der Waals surface area contributed by atoms with E-state index in [2.05, 4.69) is 15.6 Å². The summed E-state index contributed by atoms with van der Waals surface area (Å²) in [5, 5.41) is 6.20. The van der Waals surface area contributed by atoms with Crippen molar-refractivity contribution < 1.29 is 23.1 Å². The Morgan fingerprint density at radius 3 is 2.67 bits per heavy atom. The summed E-state index contributed by atoms with van der Waals surface area (Å²) in [4.78, 5) is 29.8. The maximum Gasteiger partial charge on any atom is 0.408 e. The average Bonchev–Trinajstić information content (AvgIpc) is 3.29. The molecule has 6 nitrogen and oxygen atoms in total. The third-order valence-corrected chi connectivity index (χ3v) is 6.35. The van der Waals surface area contributed by atoms with Crippen molar-refractivity contribution in [3.05, 3.63) is 106 Å². The SMILES string of the molecule is O=C(N[C@H]1CCc2c(C(=O)Nc3ccc(F)c(Cl)c3)ccc(F)c21)OCc1ccc2ccccc2n1. The minimum atomic E-state index is -0.710. The van der Waals surface area contributed by atoms with E-state index in [0.717, 1.165) is 17.0 Å². The molecule has 1 heterocycles. The highest BCUT2D eigenvalue weighted by Crippen LogP contribution is 2.36. The lowest BCUT2D eigenvalue weighted by Gasteiger charge is -2.16. The number of aromatic nitrogens is 1. The van der Waals surface area contributed by atoms with Crippen LogP contribution in [0.25, 0.3) is 10.9 Å². The quantitative estimate of drug-likeness (QED) is 0.330.